The van der Waals surface area contributed by atoms with Crippen LogP contribution in [0.3, 0.4) is 0 Å². The van der Waals surface area contributed by atoms with E-state index in [1.165, 1.54) is 12.8 Å². The molecule has 5 unspecified atom stereocenters. The zero-order valence-corrected chi connectivity index (χ0v) is 11.4. The van der Waals surface area contributed by atoms with Gasteiger partial charge >= 0.3 is 0 Å². The van der Waals surface area contributed by atoms with Gasteiger partial charge in [-0.1, -0.05) is 25.5 Å². The molecule has 2 N–H and O–H groups in total. The molecule has 1 saturated carbocycles. The highest BCUT2D eigenvalue weighted by molar-refractivity contribution is 5.11. The molecule has 2 aliphatic rings. The molecule has 2 rings (SSSR count). The number of rotatable bonds is 6. The zero-order chi connectivity index (χ0) is 12.5. The quantitative estimate of drug-likeness (QED) is 0.696. The van der Waals surface area contributed by atoms with Crippen molar-refractivity contribution in [3.8, 4) is 0 Å². The Morgan fingerprint density at radius 2 is 2.18 bits per heavy atom. The van der Waals surface area contributed by atoms with Crippen LogP contribution in [0, 0.1) is 17.8 Å². The predicted octanol–water partition coefficient (Wildman–Crippen LogP) is 2.73. The Bertz CT molecular complexity index is 285. The molecule has 2 heteroatoms. The van der Waals surface area contributed by atoms with Gasteiger partial charge < -0.3 is 10.4 Å². The van der Waals surface area contributed by atoms with Crippen LogP contribution in [0.15, 0.2) is 12.2 Å². The molecule has 17 heavy (non-hydrogen) atoms. The summed E-state index contributed by atoms with van der Waals surface area (Å²) in [4.78, 5) is 0. The lowest BCUT2D eigenvalue weighted by Crippen LogP contribution is -2.44. The molecule has 2 bridgehead atoms. The van der Waals surface area contributed by atoms with Gasteiger partial charge in [0.15, 0.2) is 0 Å². The number of nitrogens with one attached hydrogen (secondary N) is 1. The Hall–Kier alpha value is -0.340. The minimum absolute atomic E-state index is 0.526. The largest absolute Gasteiger partial charge is 0.389 e. The first kappa shape index (κ1) is 13.1. The van der Waals surface area contributed by atoms with E-state index in [4.69, 9.17) is 0 Å². The summed E-state index contributed by atoms with van der Waals surface area (Å²) in [5.41, 5.74) is -0.545. The SMILES string of the molecule is CCCC(C)(O)CNC(C)C1CC2C=CC1C2. The van der Waals surface area contributed by atoms with E-state index in [-0.39, 0.29) is 0 Å². The first-order chi connectivity index (χ1) is 8.02. The van der Waals surface area contributed by atoms with Crippen LogP contribution in [0.4, 0.5) is 0 Å². The van der Waals surface area contributed by atoms with Gasteiger partial charge in [0.1, 0.15) is 0 Å². The molecule has 0 aliphatic heterocycles. The molecule has 98 valence electrons. The van der Waals surface area contributed by atoms with Crippen molar-refractivity contribution in [3.05, 3.63) is 12.2 Å². The van der Waals surface area contributed by atoms with E-state index in [0.29, 0.717) is 6.04 Å². The van der Waals surface area contributed by atoms with Crippen molar-refractivity contribution in [1.29, 1.82) is 0 Å². The summed E-state index contributed by atoms with van der Waals surface area (Å²) >= 11 is 0. The van der Waals surface area contributed by atoms with Crippen LogP contribution < -0.4 is 5.32 Å². The highest BCUT2D eigenvalue weighted by atomic mass is 16.3. The van der Waals surface area contributed by atoms with Crippen molar-refractivity contribution in [2.24, 2.45) is 17.8 Å². The van der Waals surface area contributed by atoms with E-state index >= 15 is 0 Å². The van der Waals surface area contributed by atoms with Gasteiger partial charge in [0.05, 0.1) is 5.60 Å². The van der Waals surface area contributed by atoms with Crippen molar-refractivity contribution >= 4 is 0 Å². The molecule has 5 atom stereocenters. The first-order valence-electron chi connectivity index (χ1n) is 7.16. The Morgan fingerprint density at radius 3 is 2.71 bits per heavy atom. The summed E-state index contributed by atoms with van der Waals surface area (Å²) in [6.07, 6.45) is 9.42. The van der Waals surface area contributed by atoms with Crippen LogP contribution in [0.5, 0.6) is 0 Å². The third-order valence-electron chi connectivity index (χ3n) is 4.57. The standard InChI is InChI=1S/C15H27NO/c1-4-7-15(3,17)10-16-11(2)14-9-12-5-6-13(14)8-12/h5-6,11-14,16-17H,4,7-10H2,1-3H3. The van der Waals surface area contributed by atoms with Crippen LogP contribution in [0.2, 0.25) is 0 Å². The highest BCUT2D eigenvalue weighted by Gasteiger charge is 2.38. The smallest absolute Gasteiger partial charge is 0.0743 e. The number of allylic oxidation sites excluding steroid dienone is 2. The lowest BCUT2D eigenvalue weighted by molar-refractivity contribution is 0.0449. The molecule has 2 nitrogen and oxygen atoms in total. The molecule has 0 aromatic heterocycles. The second kappa shape index (κ2) is 5.11. The fraction of sp³-hybridized carbons (Fsp3) is 0.867. The third-order valence-corrected chi connectivity index (χ3v) is 4.57. The van der Waals surface area contributed by atoms with Gasteiger partial charge in [-0.3, -0.25) is 0 Å². The van der Waals surface area contributed by atoms with Crippen LogP contribution in [-0.4, -0.2) is 23.3 Å². The molecule has 0 aromatic rings. The molecule has 0 saturated heterocycles. The summed E-state index contributed by atoms with van der Waals surface area (Å²) < 4.78 is 0. The van der Waals surface area contributed by atoms with Crippen LogP contribution >= 0.6 is 0 Å². The van der Waals surface area contributed by atoms with Crippen molar-refractivity contribution < 1.29 is 5.11 Å². The van der Waals surface area contributed by atoms with Gasteiger partial charge in [-0.2, -0.15) is 0 Å². The summed E-state index contributed by atoms with van der Waals surface area (Å²) in [7, 11) is 0. The van der Waals surface area contributed by atoms with Crippen molar-refractivity contribution in [3.63, 3.8) is 0 Å². The van der Waals surface area contributed by atoms with Gasteiger partial charge in [0, 0.05) is 12.6 Å². The fourth-order valence-electron chi connectivity index (χ4n) is 3.56. The lowest BCUT2D eigenvalue weighted by atomic mass is 9.87. The monoisotopic (exact) mass is 237 g/mol. The Morgan fingerprint density at radius 1 is 1.41 bits per heavy atom. The normalized spacial score (nSPS) is 36.1. The van der Waals surface area contributed by atoms with Crippen LogP contribution in [0.1, 0.15) is 46.5 Å². The Balaban J connectivity index is 1.78. The molecule has 0 heterocycles. The molecule has 0 spiro atoms. The van der Waals surface area contributed by atoms with E-state index < -0.39 is 5.60 Å². The summed E-state index contributed by atoms with van der Waals surface area (Å²) in [5, 5.41) is 13.7. The maximum atomic E-state index is 10.2. The zero-order valence-electron chi connectivity index (χ0n) is 11.4. The van der Waals surface area contributed by atoms with Gasteiger partial charge in [-0.25, -0.2) is 0 Å². The maximum Gasteiger partial charge on any atom is 0.0743 e. The second-order valence-electron chi connectivity index (χ2n) is 6.36. The molecule has 0 amide bonds. The minimum atomic E-state index is -0.545. The number of hydrogen-bond acceptors (Lipinski definition) is 2. The molecular formula is C15H27NO. The summed E-state index contributed by atoms with van der Waals surface area (Å²) in [6, 6.07) is 0.526. The van der Waals surface area contributed by atoms with Crippen LogP contribution in [0.25, 0.3) is 0 Å². The van der Waals surface area contributed by atoms with Crippen molar-refractivity contribution in [2.45, 2.75) is 58.1 Å². The molecule has 0 radical (unpaired) electrons. The molecule has 1 fully saturated rings. The van der Waals surface area contributed by atoms with Crippen LogP contribution in [-0.2, 0) is 0 Å². The first-order valence-corrected chi connectivity index (χ1v) is 7.16. The van der Waals surface area contributed by atoms with E-state index in [1.807, 2.05) is 6.92 Å². The van der Waals surface area contributed by atoms with E-state index in [0.717, 1.165) is 37.1 Å². The lowest BCUT2D eigenvalue weighted by Gasteiger charge is -2.30. The maximum absolute atomic E-state index is 10.2. The predicted molar refractivity (Wildman–Crippen MR) is 71.8 cm³/mol. The minimum Gasteiger partial charge on any atom is -0.389 e. The fourth-order valence-corrected chi connectivity index (χ4v) is 3.56. The number of fused-ring (bicyclic) bond motifs is 2. The van der Waals surface area contributed by atoms with E-state index in [2.05, 4.69) is 31.3 Å². The topological polar surface area (TPSA) is 32.3 Å². The van der Waals surface area contributed by atoms with Gasteiger partial charge in [-0.05, 0) is 50.9 Å². The number of aliphatic hydroxyl groups is 1. The summed E-state index contributed by atoms with van der Waals surface area (Å²) in [6.45, 7) is 7.07. The van der Waals surface area contributed by atoms with Gasteiger partial charge in [0.25, 0.3) is 0 Å². The Labute approximate surface area is 105 Å². The average Bonchev–Trinajstić information content (AvgIpc) is 2.87. The van der Waals surface area contributed by atoms with Crippen molar-refractivity contribution in [2.75, 3.05) is 6.54 Å². The van der Waals surface area contributed by atoms with E-state index in [1.54, 1.807) is 0 Å². The van der Waals surface area contributed by atoms with E-state index in [9.17, 15) is 5.11 Å². The third kappa shape index (κ3) is 3.11. The van der Waals surface area contributed by atoms with Gasteiger partial charge in [0.2, 0.25) is 0 Å². The molecule has 0 aromatic carbocycles. The van der Waals surface area contributed by atoms with Gasteiger partial charge in [-0.15, -0.1) is 0 Å². The molecule has 2 aliphatic carbocycles. The Kier molecular flexibility index (Phi) is 3.94. The van der Waals surface area contributed by atoms with Crippen molar-refractivity contribution in [1.82, 2.24) is 5.32 Å². The number of hydrogen-bond donors (Lipinski definition) is 2. The summed E-state index contributed by atoms with van der Waals surface area (Å²) in [5.74, 6) is 2.41. The molecular weight excluding hydrogens is 210 g/mol. The second-order valence-corrected chi connectivity index (χ2v) is 6.36. The highest BCUT2D eigenvalue weighted by Crippen LogP contribution is 2.44. The average molecular weight is 237 g/mol.